The highest BCUT2D eigenvalue weighted by Crippen LogP contribution is 2.27. The fourth-order valence-electron chi connectivity index (χ4n) is 3.75. The van der Waals surface area contributed by atoms with E-state index in [0.717, 1.165) is 33.9 Å². The van der Waals surface area contributed by atoms with Crippen molar-refractivity contribution in [3.05, 3.63) is 57.0 Å². The number of para-hydroxylation sites is 1. The van der Waals surface area contributed by atoms with Gasteiger partial charge in [0.05, 0.1) is 16.4 Å². The molecule has 1 aliphatic rings. The van der Waals surface area contributed by atoms with Gasteiger partial charge in [-0.15, -0.1) is 23.1 Å². The van der Waals surface area contributed by atoms with E-state index in [2.05, 4.69) is 15.3 Å². The molecule has 2 atom stereocenters. The van der Waals surface area contributed by atoms with E-state index in [9.17, 15) is 9.59 Å². The van der Waals surface area contributed by atoms with Crippen LogP contribution in [0.1, 0.15) is 29.6 Å². The lowest BCUT2D eigenvalue weighted by atomic mass is 10.2. The van der Waals surface area contributed by atoms with Crippen LogP contribution in [-0.2, 0) is 10.5 Å². The van der Waals surface area contributed by atoms with Crippen LogP contribution >= 0.6 is 23.1 Å². The Morgan fingerprint density at radius 3 is 2.90 bits per heavy atom. The number of fused-ring (bicyclic) bond motifs is 1. The molecule has 2 N–H and O–H groups in total. The Labute approximate surface area is 184 Å². The topological polar surface area (TPSA) is 78.1 Å². The summed E-state index contributed by atoms with van der Waals surface area (Å²) in [6.45, 7) is 7.37. The maximum Gasteiger partial charge on any atom is 0.259 e. The zero-order valence-corrected chi connectivity index (χ0v) is 19.0. The van der Waals surface area contributed by atoms with Crippen LogP contribution in [-0.4, -0.2) is 45.2 Å². The van der Waals surface area contributed by atoms with Crippen LogP contribution < -0.4 is 10.9 Å². The number of hydrogen-bond donors (Lipinski definition) is 2. The Balaban J connectivity index is 1.34. The molecule has 8 heteroatoms. The Morgan fingerprint density at radius 2 is 2.13 bits per heavy atom. The third-order valence-corrected chi connectivity index (χ3v) is 7.79. The highest BCUT2D eigenvalue weighted by molar-refractivity contribution is 7.99. The van der Waals surface area contributed by atoms with E-state index in [1.54, 1.807) is 11.3 Å². The third kappa shape index (κ3) is 4.39. The lowest BCUT2D eigenvalue weighted by Crippen LogP contribution is -2.36. The van der Waals surface area contributed by atoms with Crippen LogP contribution in [0.4, 0.5) is 5.69 Å². The van der Waals surface area contributed by atoms with Crippen molar-refractivity contribution in [2.75, 3.05) is 18.4 Å². The molecule has 6 nitrogen and oxygen atoms in total. The van der Waals surface area contributed by atoms with Crippen LogP contribution in [0.3, 0.4) is 0 Å². The van der Waals surface area contributed by atoms with Crippen LogP contribution in [0.15, 0.2) is 35.1 Å². The quantitative estimate of drug-likeness (QED) is 0.605. The van der Waals surface area contributed by atoms with Crippen molar-refractivity contribution in [1.29, 1.82) is 0 Å². The molecular weight excluding hydrogens is 416 g/mol. The molecule has 1 saturated heterocycles. The number of aromatic amines is 1. The molecular formula is C22H26N4O2S2. The van der Waals surface area contributed by atoms with E-state index >= 15 is 0 Å². The number of anilines is 1. The molecule has 3 aromatic rings. The summed E-state index contributed by atoms with van der Waals surface area (Å²) in [5.74, 6) is 1.28. The van der Waals surface area contributed by atoms with Gasteiger partial charge in [-0.05, 0) is 44.9 Å². The standard InChI is InChI=1S/C22H26N4O2S2/c1-13-14(2)30-21-19(13)20(27)24-18(25-21)12-29-15(3)22(28)26-10-9-17(11-26)23-16-7-5-4-6-8-16/h4-8,15,17,23H,9-12H2,1-3H3,(H,24,25,27). The molecule has 2 unspecified atom stereocenters. The van der Waals surface area contributed by atoms with Crippen molar-refractivity contribution in [3.63, 3.8) is 0 Å². The number of nitrogens with zero attached hydrogens (tertiary/aromatic N) is 2. The van der Waals surface area contributed by atoms with Gasteiger partial charge in [-0.25, -0.2) is 4.98 Å². The lowest BCUT2D eigenvalue weighted by Gasteiger charge is -2.21. The van der Waals surface area contributed by atoms with E-state index in [1.807, 2.05) is 56.0 Å². The summed E-state index contributed by atoms with van der Waals surface area (Å²) in [5, 5.41) is 4.00. The van der Waals surface area contributed by atoms with E-state index in [4.69, 9.17) is 0 Å². The first-order valence-electron chi connectivity index (χ1n) is 10.1. The zero-order chi connectivity index (χ0) is 21.3. The normalized spacial score (nSPS) is 17.4. The average Bonchev–Trinajstić information content (AvgIpc) is 3.31. The Morgan fingerprint density at radius 1 is 1.37 bits per heavy atom. The maximum atomic E-state index is 12.9. The van der Waals surface area contributed by atoms with Gasteiger partial charge in [-0.3, -0.25) is 9.59 Å². The molecule has 0 saturated carbocycles. The largest absolute Gasteiger partial charge is 0.380 e. The third-order valence-electron chi connectivity index (χ3n) is 5.55. The van der Waals surface area contributed by atoms with Crippen molar-refractivity contribution >= 4 is 44.9 Å². The molecule has 30 heavy (non-hydrogen) atoms. The fraction of sp³-hybridized carbons (Fsp3) is 0.409. The van der Waals surface area contributed by atoms with Gasteiger partial charge in [-0.1, -0.05) is 18.2 Å². The van der Waals surface area contributed by atoms with Crippen LogP contribution in [0.2, 0.25) is 0 Å². The Hall–Kier alpha value is -2.32. The number of thioether (sulfide) groups is 1. The maximum absolute atomic E-state index is 12.9. The number of amides is 1. The average molecular weight is 443 g/mol. The summed E-state index contributed by atoms with van der Waals surface area (Å²) in [7, 11) is 0. The number of nitrogens with one attached hydrogen (secondary N) is 2. The molecule has 158 valence electrons. The van der Waals surface area contributed by atoms with Crippen molar-refractivity contribution in [2.45, 2.75) is 44.2 Å². The number of thiophene rings is 1. The molecule has 3 heterocycles. The summed E-state index contributed by atoms with van der Waals surface area (Å²) in [6.07, 6.45) is 0.945. The number of likely N-dealkylation sites (tertiary alicyclic amines) is 1. The minimum atomic E-state index is -0.187. The van der Waals surface area contributed by atoms with Gasteiger partial charge in [0.15, 0.2) is 0 Å². The van der Waals surface area contributed by atoms with Crippen molar-refractivity contribution in [3.8, 4) is 0 Å². The second-order valence-electron chi connectivity index (χ2n) is 7.71. The molecule has 2 aromatic heterocycles. The van der Waals surface area contributed by atoms with Gasteiger partial charge < -0.3 is 15.2 Å². The van der Waals surface area contributed by atoms with Gasteiger partial charge in [0.25, 0.3) is 5.56 Å². The Kier molecular flexibility index (Phi) is 6.15. The van der Waals surface area contributed by atoms with E-state index in [1.165, 1.54) is 11.8 Å². The monoisotopic (exact) mass is 442 g/mol. The van der Waals surface area contributed by atoms with Gasteiger partial charge >= 0.3 is 0 Å². The first-order valence-corrected chi connectivity index (χ1v) is 12.0. The van der Waals surface area contributed by atoms with E-state index < -0.39 is 0 Å². The summed E-state index contributed by atoms with van der Waals surface area (Å²) in [6, 6.07) is 10.4. The van der Waals surface area contributed by atoms with E-state index in [0.29, 0.717) is 23.5 Å². The highest BCUT2D eigenvalue weighted by atomic mass is 32.2. The predicted molar refractivity (Wildman–Crippen MR) is 126 cm³/mol. The highest BCUT2D eigenvalue weighted by Gasteiger charge is 2.29. The number of H-pyrrole nitrogens is 1. The second-order valence-corrected chi connectivity index (χ2v) is 10.2. The number of carbonyl (C=O) groups excluding carboxylic acids is 1. The number of aryl methyl sites for hydroxylation is 2. The summed E-state index contributed by atoms with van der Waals surface area (Å²) >= 11 is 3.06. The number of rotatable bonds is 6. The van der Waals surface area contributed by atoms with Gasteiger partial charge in [0, 0.05) is 29.7 Å². The minimum absolute atomic E-state index is 0.0919. The summed E-state index contributed by atoms with van der Waals surface area (Å²) in [4.78, 5) is 36.6. The molecule has 0 spiro atoms. The zero-order valence-electron chi connectivity index (χ0n) is 17.4. The smallest absolute Gasteiger partial charge is 0.259 e. The molecule has 1 aliphatic heterocycles. The second kappa shape index (κ2) is 8.81. The molecule has 1 amide bonds. The number of hydrogen-bond acceptors (Lipinski definition) is 6. The fourth-order valence-corrected chi connectivity index (χ4v) is 5.63. The summed E-state index contributed by atoms with van der Waals surface area (Å²) in [5.41, 5.74) is 1.99. The number of carbonyl (C=O) groups is 1. The molecule has 0 radical (unpaired) electrons. The van der Waals surface area contributed by atoms with Crippen molar-refractivity contribution in [1.82, 2.24) is 14.9 Å². The lowest BCUT2D eigenvalue weighted by molar-refractivity contribution is -0.129. The van der Waals surface area contributed by atoms with Crippen molar-refractivity contribution in [2.24, 2.45) is 0 Å². The van der Waals surface area contributed by atoms with Crippen LogP contribution in [0.5, 0.6) is 0 Å². The number of aromatic nitrogens is 2. The molecule has 1 aromatic carbocycles. The molecule has 0 aliphatic carbocycles. The Bertz CT molecular complexity index is 1110. The van der Waals surface area contributed by atoms with Crippen molar-refractivity contribution < 1.29 is 4.79 Å². The molecule has 0 bridgehead atoms. The minimum Gasteiger partial charge on any atom is -0.380 e. The summed E-state index contributed by atoms with van der Waals surface area (Å²) < 4.78 is 0. The molecule has 1 fully saturated rings. The van der Waals surface area contributed by atoms with Crippen LogP contribution in [0, 0.1) is 13.8 Å². The predicted octanol–water partition coefficient (Wildman–Crippen LogP) is 3.94. The van der Waals surface area contributed by atoms with E-state index in [-0.39, 0.29) is 22.8 Å². The van der Waals surface area contributed by atoms with Crippen LogP contribution in [0.25, 0.3) is 10.2 Å². The number of benzene rings is 1. The molecule has 4 rings (SSSR count). The SMILES string of the molecule is Cc1sc2nc(CSC(C)C(=O)N3CCC(Nc4ccccc4)C3)[nH]c(=O)c2c1C. The van der Waals surface area contributed by atoms with Gasteiger partial charge in [-0.2, -0.15) is 0 Å². The first-order chi connectivity index (χ1) is 14.4. The van der Waals surface area contributed by atoms with Gasteiger partial charge in [0.2, 0.25) is 5.91 Å². The first kappa shape index (κ1) is 20.9. The van der Waals surface area contributed by atoms with Gasteiger partial charge in [0.1, 0.15) is 10.7 Å².